The molecule has 1 rings (SSSR count). The van der Waals surface area contributed by atoms with Crippen LogP contribution in [0.25, 0.3) is 0 Å². The van der Waals surface area contributed by atoms with Gasteiger partial charge in [-0.3, -0.25) is 9.59 Å². The van der Waals surface area contributed by atoms with Gasteiger partial charge in [-0.2, -0.15) is 0 Å². The Balaban J connectivity index is 2.86. The van der Waals surface area contributed by atoms with Crippen LogP contribution in [-0.2, 0) is 23.8 Å². The number of hydrogen-bond donors (Lipinski definition) is 0. The summed E-state index contributed by atoms with van der Waals surface area (Å²) in [4.78, 5) is 22.0. The fraction of sp³-hybridized carbons (Fsp3) is 0.800. The van der Waals surface area contributed by atoms with E-state index in [1.165, 1.54) is 13.8 Å². The van der Waals surface area contributed by atoms with Gasteiger partial charge >= 0.3 is 11.9 Å². The molecule has 0 spiro atoms. The van der Waals surface area contributed by atoms with Crippen molar-refractivity contribution >= 4 is 35.1 Å². The third-order valence-corrected chi connectivity index (χ3v) is 3.28. The number of rotatable bonds is 2. The van der Waals surface area contributed by atoms with Crippen LogP contribution in [0.1, 0.15) is 20.8 Å². The smallest absolute Gasteiger partial charge is 0.303 e. The molecule has 0 saturated carbocycles. The molecule has 0 radical (unpaired) electrons. The first kappa shape index (κ1) is 14.5. The van der Waals surface area contributed by atoms with E-state index in [0.717, 1.165) is 0 Å². The fourth-order valence-corrected chi connectivity index (χ4v) is 2.19. The molecule has 0 aromatic heterocycles. The van der Waals surface area contributed by atoms with Gasteiger partial charge in [0.2, 0.25) is 0 Å². The van der Waals surface area contributed by atoms with Gasteiger partial charge in [0.25, 0.3) is 0 Å². The summed E-state index contributed by atoms with van der Waals surface area (Å²) in [6.07, 6.45) is -2.07. The second-order valence-corrected chi connectivity index (χ2v) is 4.72. The summed E-state index contributed by atoms with van der Waals surface area (Å²) < 4.78 is 15.4. The first-order valence-electron chi connectivity index (χ1n) is 5.11. The number of halogens is 2. The van der Waals surface area contributed by atoms with Crippen molar-refractivity contribution < 1.29 is 23.8 Å². The van der Waals surface area contributed by atoms with E-state index < -0.39 is 41.2 Å². The number of ether oxygens (including phenoxy) is 3. The van der Waals surface area contributed by atoms with Crippen LogP contribution in [0.4, 0.5) is 0 Å². The highest BCUT2D eigenvalue weighted by atomic mass is 35.5. The minimum Gasteiger partial charge on any atom is -0.457 e. The lowest BCUT2D eigenvalue weighted by Crippen LogP contribution is -2.56. The van der Waals surface area contributed by atoms with Gasteiger partial charge in [0.15, 0.2) is 17.8 Å². The molecule has 0 aromatic rings. The predicted molar refractivity (Wildman–Crippen MR) is 60.9 cm³/mol. The molecule has 0 N–H and O–H groups in total. The average molecular weight is 285 g/mol. The van der Waals surface area contributed by atoms with Gasteiger partial charge in [-0.1, -0.05) is 11.6 Å². The summed E-state index contributed by atoms with van der Waals surface area (Å²) in [5.74, 6) is -1.02. The Morgan fingerprint density at radius 1 is 1.06 bits per heavy atom. The maximum absolute atomic E-state index is 11.0. The summed E-state index contributed by atoms with van der Waals surface area (Å²) in [6, 6.07) is 0. The van der Waals surface area contributed by atoms with Crippen molar-refractivity contribution in [2.45, 2.75) is 50.0 Å². The molecule has 1 heterocycles. The summed E-state index contributed by atoms with van der Waals surface area (Å²) in [5.41, 5.74) is -0.803. The van der Waals surface area contributed by atoms with Crippen LogP contribution in [0.5, 0.6) is 0 Å². The van der Waals surface area contributed by atoms with Crippen molar-refractivity contribution in [3.63, 3.8) is 0 Å². The monoisotopic (exact) mass is 284 g/mol. The largest absolute Gasteiger partial charge is 0.457 e. The third kappa shape index (κ3) is 3.72. The molecule has 0 aromatic carbocycles. The minimum atomic E-state index is -0.815. The number of hydrogen-bond acceptors (Lipinski definition) is 5. The van der Waals surface area contributed by atoms with Crippen LogP contribution in [-0.4, -0.2) is 41.2 Å². The molecule has 1 saturated heterocycles. The molecule has 17 heavy (non-hydrogen) atoms. The Kier molecular flexibility index (Phi) is 5.04. The molecular formula is C10H14Cl2O5. The second-order valence-electron chi connectivity index (χ2n) is 3.78. The van der Waals surface area contributed by atoms with Gasteiger partial charge in [0, 0.05) is 13.8 Å². The van der Waals surface area contributed by atoms with Crippen LogP contribution >= 0.6 is 23.2 Å². The number of carbonyl (C=O) groups excluding carboxylic acids is 2. The van der Waals surface area contributed by atoms with Crippen LogP contribution in [0.2, 0.25) is 0 Å². The second kappa shape index (κ2) is 5.89. The summed E-state index contributed by atoms with van der Waals surface area (Å²) in [7, 11) is 0. The van der Waals surface area contributed by atoms with Crippen LogP contribution in [0.3, 0.4) is 0 Å². The number of alkyl halides is 2. The molecule has 5 nitrogen and oxygen atoms in total. The van der Waals surface area contributed by atoms with Crippen LogP contribution in [0.15, 0.2) is 0 Å². The minimum absolute atomic E-state index is 0.499. The van der Waals surface area contributed by atoms with Gasteiger partial charge in [0.1, 0.15) is 5.38 Å². The molecule has 7 heteroatoms. The Hall–Kier alpha value is -0.520. The van der Waals surface area contributed by atoms with E-state index >= 15 is 0 Å². The Morgan fingerprint density at radius 3 is 2.00 bits per heavy atom. The van der Waals surface area contributed by atoms with Gasteiger partial charge in [-0.15, -0.1) is 11.6 Å². The van der Waals surface area contributed by atoms with E-state index in [-0.39, 0.29) is 0 Å². The van der Waals surface area contributed by atoms with Crippen LogP contribution in [0, 0.1) is 0 Å². The van der Waals surface area contributed by atoms with E-state index in [4.69, 9.17) is 37.4 Å². The standard InChI is InChI=1S/C10H14Cl2O5/c1-4-8(16-5(2)13)9(17-6(3)14)7(11)10(12)15-4/h4,7-10H,1-3H3/t4-,7-,8+,9-,10+/m0/s1. The maximum Gasteiger partial charge on any atom is 0.303 e. The molecule has 0 amide bonds. The molecule has 1 aliphatic heterocycles. The van der Waals surface area contributed by atoms with Gasteiger partial charge in [-0.25, -0.2) is 0 Å². The van der Waals surface area contributed by atoms with E-state index in [1.54, 1.807) is 6.92 Å². The molecule has 0 unspecified atom stereocenters. The summed E-state index contributed by atoms with van der Waals surface area (Å²) in [5, 5.41) is -0.777. The average Bonchev–Trinajstić information content (AvgIpc) is 2.19. The van der Waals surface area contributed by atoms with E-state index in [0.29, 0.717) is 0 Å². The van der Waals surface area contributed by atoms with Crippen molar-refractivity contribution in [2.75, 3.05) is 0 Å². The Bertz CT molecular complexity index is 309. The Labute approximate surface area is 109 Å². The normalized spacial score (nSPS) is 37.4. The lowest BCUT2D eigenvalue weighted by atomic mass is 10.0. The number of carbonyl (C=O) groups is 2. The van der Waals surface area contributed by atoms with Crippen molar-refractivity contribution in [1.82, 2.24) is 0 Å². The van der Waals surface area contributed by atoms with Gasteiger partial charge in [-0.05, 0) is 6.92 Å². The van der Waals surface area contributed by atoms with Crippen LogP contribution < -0.4 is 0 Å². The van der Waals surface area contributed by atoms with Crippen molar-refractivity contribution in [3.8, 4) is 0 Å². The first-order chi connectivity index (χ1) is 7.82. The summed E-state index contributed by atoms with van der Waals surface area (Å²) >= 11 is 11.9. The fourth-order valence-electron chi connectivity index (χ4n) is 1.63. The molecular weight excluding hydrogens is 271 g/mol. The lowest BCUT2D eigenvalue weighted by Gasteiger charge is -2.40. The zero-order valence-electron chi connectivity index (χ0n) is 9.68. The molecule has 1 aliphatic rings. The molecule has 5 atom stereocenters. The van der Waals surface area contributed by atoms with E-state index in [2.05, 4.69) is 0 Å². The Morgan fingerprint density at radius 2 is 1.53 bits per heavy atom. The molecule has 0 aliphatic carbocycles. The highest BCUT2D eigenvalue weighted by Gasteiger charge is 2.46. The summed E-state index contributed by atoms with van der Waals surface area (Å²) in [6.45, 7) is 4.17. The quantitative estimate of drug-likeness (QED) is 0.567. The molecule has 1 fully saturated rings. The van der Waals surface area contributed by atoms with E-state index in [1.807, 2.05) is 0 Å². The predicted octanol–water partition coefficient (Wildman–Crippen LogP) is 1.44. The first-order valence-corrected chi connectivity index (χ1v) is 5.98. The van der Waals surface area contributed by atoms with E-state index in [9.17, 15) is 9.59 Å². The van der Waals surface area contributed by atoms with Gasteiger partial charge in [0.05, 0.1) is 6.10 Å². The highest BCUT2D eigenvalue weighted by Crippen LogP contribution is 2.31. The molecule has 0 bridgehead atoms. The SMILES string of the molecule is CC(=O)O[C@H]1[C@H](Cl)[C@H](Cl)O[C@@H](C)[C@H]1OC(C)=O. The lowest BCUT2D eigenvalue weighted by molar-refractivity contribution is -0.193. The molecule has 98 valence electrons. The number of esters is 2. The topological polar surface area (TPSA) is 61.8 Å². The highest BCUT2D eigenvalue weighted by molar-refractivity contribution is 6.29. The third-order valence-electron chi connectivity index (χ3n) is 2.30. The zero-order chi connectivity index (χ0) is 13.2. The van der Waals surface area contributed by atoms with Crippen molar-refractivity contribution in [1.29, 1.82) is 0 Å². The van der Waals surface area contributed by atoms with Crippen molar-refractivity contribution in [2.24, 2.45) is 0 Å². The maximum atomic E-state index is 11.0. The van der Waals surface area contributed by atoms with Gasteiger partial charge < -0.3 is 14.2 Å². The van der Waals surface area contributed by atoms with Crippen molar-refractivity contribution in [3.05, 3.63) is 0 Å². The zero-order valence-corrected chi connectivity index (χ0v) is 11.2.